The van der Waals surface area contributed by atoms with Crippen LogP contribution in [0.15, 0.2) is 24.3 Å². The van der Waals surface area contributed by atoms with E-state index in [9.17, 15) is 9.18 Å². The molecule has 3 fully saturated rings. The first-order chi connectivity index (χ1) is 11.3. The van der Waals surface area contributed by atoms with E-state index in [0.717, 1.165) is 24.8 Å². The summed E-state index contributed by atoms with van der Waals surface area (Å²) in [5, 5.41) is 3.28. The zero-order valence-electron chi connectivity index (χ0n) is 14.6. The topological polar surface area (TPSA) is 38.3 Å². The lowest BCUT2D eigenvalue weighted by molar-refractivity contribution is -0.136. The number of nitrogens with one attached hydrogen (secondary N) is 1. The molecule has 3 aliphatic rings. The number of hydrogen-bond acceptors (Lipinski definition) is 2. The Kier molecular flexibility index (Phi) is 3.54. The summed E-state index contributed by atoms with van der Waals surface area (Å²) in [5.41, 5.74) is 1.29. The second-order valence-electron chi connectivity index (χ2n) is 8.52. The van der Waals surface area contributed by atoms with Crippen molar-refractivity contribution in [2.75, 3.05) is 6.61 Å². The van der Waals surface area contributed by atoms with Gasteiger partial charge in [0.05, 0.1) is 6.10 Å². The van der Waals surface area contributed by atoms with Crippen molar-refractivity contribution in [3.8, 4) is 0 Å². The van der Waals surface area contributed by atoms with Gasteiger partial charge in [0.2, 0.25) is 5.91 Å². The van der Waals surface area contributed by atoms with Crippen LogP contribution in [-0.2, 0) is 9.53 Å². The van der Waals surface area contributed by atoms with E-state index < -0.39 is 0 Å². The van der Waals surface area contributed by atoms with Crippen LogP contribution in [0.3, 0.4) is 0 Å². The standard InChI is InChI=1S/C20H26FNO2/c1-12(23)22-18-19(2,3)14-10-16-17(13-4-6-15(21)7-5-13)24-9-8-20(16,18)11-14/h4-7,14,16-18H,8-11H2,1-3H3,(H,22,23)/t14-,16-,17-,18-,20?/m1/s1. The van der Waals surface area contributed by atoms with Crippen LogP contribution in [0, 0.1) is 28.5 Å². The molecule has 3 nitrogen and oxygen atoms in total. The third-order valence-electron chi connectivity index (χ3n) is 7.05. The molecular weight excluding hydrogens is 305 g/mol. The van der Waals surface area contributed by atoms with Crippen molar-refractivity contribution in [3.05, 3.63) is 35.6 Å². The van der Waals surface area contributed by atoms with E-state index in [4.69, 9.17) is 4.74 Å². The normalized spacial score (nSPS) is 39.5. The van der Waals surface area contributed by atoms with E-state index in [1.165, 1.54) is 12.1 Å². The van der Waals surface area contributed by atoms with Crippen molar-refractivity contribution in [2.24, 2.45) is 22.7 Å². The summed E-state index contributed by atoms with van der Waals surface area (Å²) in [5.74, 6) is 0.837. The Hall–Kier alpha value is -1.42. The molecule has 5 atom stereocenters. The summed E-state index contributed by atoms with van der Waals surface area (Å²) in [6.45, 7) is 6.92. The van der Waals surface area contributed by atoms with Gasteiger partial charge in [0, 0.05) is 19.6 Å². The summed E-state index contributed by atoms with van der Waals surface area (Å²) in [4.78, 5) is 11.8. The van der Waals surface area contributed by atoms with Crippen LogP contribution in [0.5, 0.6) is 0 Å². The monoisotopic (exact) mass is 331 g/mol. The molecule has 0 radical (unpaired) electrons. The lowest BCUT2D eigenvalue weighted by atomic mass is 9.59. The zero-order valence-corrected chi connectivity index (χ0v) is 14.6. The molecule has 130 valence electrons. The first kappa shape index (κ1) is 16.1. The molecule has 4 heteroatoms. The van der Waals surface area contributed by atoms with Gasteiger partial charge in [0.1, 0.15) is 5.82 Å². The van der Waals surface area contributed by atoms with E-state index in [0.29, 0.717) is 18.4 Å². The number of ether oxygens (including phenoxy) is 1. The minimum atomic E-state index is -0.213. The number of hydrogen-bond donors (Lipinski definition) is 1. The Bertz CT molecular complexity index is 656. The highest BCUT2D eigenvalue weighted by atomic mass is 19.1. The zero-order chi connectivity index (χ0) is 17.1. The minimum absolute atomic E-state index is 0.0108. The number of halogens is 1. The van der Waals surface area contributed by atoms with Gasteiger partial charge in [0.25, 0.3) is 0 Å². The van der Waals surface area contributed by atoms with Crippen LogP contribution < -0.4 is 5.32 Å². The number of carbonyl (C=O) groups is 1. The highest BCUT2D eigenvalue weighted by Crippen LogP contribution is 2.70. The lowest BCUT2D eigenvalue weighted by Gasteiger charge is -2.53. The summed E-state index contributed by atoms with van der Waals surface area (Å²) >= 11 is 0. The molecule has 0 aromatic heterocycles. The third-order valence-corrected chi connectivity index (χ3v) is 7.05. The van der Waals surface area contributed by atoms with Gasteiger partial charge < -0.3 is 10.1 Å². The van der Waals surface area contributed by atoms with E-state index in [-0.39, 0.29) is 34.7 Å². The van der Waals surface area contributed by atoms with Crippen molar-refractivity contribution >= 4 is 5.91 Å². The highest BCUT2D eigenvalue weighted by molar-refractivity contribution is 5.73. The molecule has 1 unspecified atom stereocenters. The maximum atomic E-state index is 13.3. The number of rotatable bonds is 2. The first-order valence-corrected chi connectivity index (χ1v) is 8.99. The Balaban J connectivity index is 1.71. The van der Waals surface area contributed by atoms with Crippen molar-refractivity contribution in [3.63, 3.8) is 0 Å². The Morgan fingerprint density at radius 1 is 1.29 bits per heavy atom. The van der Waals surface area contributed by atoms with Crippen LogP contribution in [0.25, 0.3) is 0 Å². The number of fused-ring (bicyclic) bond motifs is 1. The smallest absolute Gasteiger partial charge is 0.217 e. The fraction of sp³-hybridized carbons (Fsp3) is 0.650. The summed E-state index contributed by atoms with van der Waals surface area (Å²) in [7, 11) is 0. The van der Waals surface area contributed by atoms with Crippen LogP contribution >= 0.6 is 0 Å². The van der Waals surface area contributed by atoms with Crippen LogP contribution in [0.1, 0.15) is 51.7 Å². The number of carbonyl (C=O) groups excluding carboxylic acids is 1. The molecule has 1 aromatic carbocycles. The molecule has 1 N–H and O–H groups in total. The van der Waals surface area contributed by atoms with Gasteiger partial charge in [-0.2, -0.15) is 0 Å². The molecule has 2 saturated carbocycles. The second-order valence-corrected chi connectivity index (χ2v) is 8.52. The summed E-state index contributed by atoms with van der Waals surface area (Å²) in [6, 6.07) is 6.93. The average Bonchev–Trinajstić information content (AvgIpc) is 3.01. The van der Waals surface area contributed by atoms with E-state index in [1.54, 1.807) is 6.92 Å². The largest absolute Gasteiger partial charge is 0.373 e. The molecular formula is C20H26FNO2. The van der Waals surface area contributed by atoms with E-state index in [1.807, 2.05) is 12.1 Å². The van der Waals surface area contributed by atoms with Crippen molar-refractivity contribution in [1.82, 2.24) is 5.32 Å². The maximum Gasteiger partial charge on any atom is 0.217 e. The van der Waals surface area contributed by atoms with E-state index >= 15 is 0 Å². The minimum Gasteiger partial charge on any atom is -0.373 e. The fourth-order valence-corrected chi connectivity index (χ4v) is 5.97. The summed E-state index contributed by atoms with van der Waals surface area (Å²) < 4.78 is 19.4. The highest BCUT2D eigenvalue weighted by Gasteiger charge is 2.68. The molecule has 1 aromatic rings. The number of amides is 1. The molecule has 1 aliphatic heterocycles. The van der Waals surface area contributed by atoms with Gasteiger partial charge in [-0.05, 0) is 59.6 Å². The quantitative estimate of drug-likeness (QED) is 0.894. The first-order valence-electron chi connectivity index (χ1n) is 8.99. The predicted molar refractivity (Wildman–Crippen MR) is 89.7 cm³/mol. The fourth-order valence-electron chi connectivity index (χ4n) is 5.97. The Morgan fingerprint density at radius 2 is 2.00 bits per heavy atom. The van der Waals surface area contributed by atoms with Crippen LogP contribution in [0.2, 0.25) is 0 Å². The van der Waals surface area contributed by atoms with Crippen molar-refractivity contribution in [1.29, 1.82) is 0 Å². The summed E-state index contributed by atoms with van der Waals surface area (Å²) in [6.07, 6.45) is 3.30. The molecule has 1 saturated heterocycles. The molecule has 2 bridgehead atoms. The van der Waals surface area contributed by atoms with Gasteiger partial charge in [-0.1, -0.05) is 26.0 Å². The average molecular weight is 331 g/mol. The molecule has 1 amide bonds. The third kappa shape index (κ3) is 2.15. The van der Waals surface area contributed by atoms with Gasteiger partial charge in [0.15, 0.2) is 0 Å². The van der Waals surface area contributed by atoms with Gasteiger partial charge in [-0.3, -0.25) is 4.79 Å². The van der Waals surface area contributed by atoms with Gasteiger partial charge >= 0.3 is 0 Å². The second kappa shape index (κ2) is 5.29. The van der Waals surface area contributed by atoms with Crippen LogP contribution in [-0.4, -0.2) is 18.6 Å². The molecule has 1 heterocycles. The van der Waals surface area contributed by atoms with Crippen molar-refractivity contribution < 1.29 is 13.9 Å². The Labute approximate surface area is 143 Å². The Morgan fingerprint density at radius 3 is 2.67 bits per heavy atom. The number of benzene rings is 1. The van der Waals surface area contributed by atoms with Gasteiger partial charge in [-0.25, -0.2) is 4.39 Å². The molecule has 24 heavy (non-hydrogen) atoms. The molecule has 2 aliphatic carbocycles. The SMILES string of the molecule is CC(=O)N[C@@H]1C(C)(C)[C@@H]2C[C@@H]3[C@@H](c4ccc(F)cc4)OCCC31C2. The maximum absolute atomic E-state index is 13.3. The molecule has 4 rings (SSSR count). The lowest BCUT2D eigenvalue weighted by Crippen LogP contribution is -2.58. The molecule has 1 spiro atoms. The van der Waals surface area contributed by atoms with Gasteiger partial charge in [-0.15, -0.1) is 0 Å². The van der Waals surface area contributed by atoms with Crippen molar-refractivity contribution in [2.45, 2.75) is 52.2 Å². The van der Waals surface area contributed by atoms with Crippen LogP contribution in [0.4, 0.5) is 4.39 Å². The predicted octanol–water partition coefficient (Wildman–Crippen LogP) is 3.84. The van der Waals surface area contributed by atoms with E-state index in [2.05, 4.69) is 19.2 Å².